The number of nitrogens with zero attached hydrogens (tertiary/aromatic N) is 3. The Balaban J connectivity index is 2.08. The fraction of sp³-hybridized carbons (Fsp3) is 0.304. The summed E-state index contributed by atoms with van der Waals surface area (Å²) in [4.78, 5) is 14.2. The van der Waals surface area contributed by atoms with Gasteiger partial charge in [0.1, 0.15) is 17.7 Å². The number of quaternary nitrogens is 1. The first kappa shape index (κ1) is 24.5. The summed E-state index contributed by atoms with van der Waals surface area (Å²) >= 11 is 0. The third-order valence-electron chi connectivity index (χ3n) is 4.51. The van der Waals surface area contributed by atoms with Gasteiger partial charge in [0.25, 0.3) is 0 Å². The van der Waals surface area contributed by atoms with Crippen LogP contribution in [0.25, 0.3) is 0 Å². The number of phenolic OH excluding ortho intramolecular Hbond substituents is 2. The number of hydrazone groups is 1. The first-order valence-corrected chi connectivity index (χ1v) is 10.3. The minimum atomic E-state index is -0.452. The zero-order chi connectivity index (χ0) is 23.5. The molecule has 0 saturated carbocycles. The molecule has 0 bridgehead atoms. The molecule has 0 aliphatic carbocycles. The molecular weight excluding hydrogens is 410 g/mol. The molecule has 0 radical (unpaired) electrons. The molecule has 9 heteroatoms. The molecule has 0 saturated heterocycles. The summed E-state index contributed by atoms with van der Waals surface area (Å²) < 4.78 is 5.16. The number of phenols is 2. The van der Waals surface area contributed by atoms with Gasteiger partial charge in [-0.25, -0.2) is 4.79 Å². The monoisotopic (exact) mass is 442 g/mol. The second-order valence-electron chi connectivity index (χ2n) is 7.09. The van der Waals surface area contributed by atoms with Crippen LogP contribution in [0, 0.1) is 0 Å². The van der Waals surface area contributed by atoms with Crippen LogP contribution in [-0.4, -0.2) is 61.1 Å². The molecule has 0 amide bonds. The average molecular weight is 443 g/mol. The van der Waals surface area contributed by atoms with Crippen molar-refractivity contribution >= 4 is 23.1 Å². The maximum Gasteiger partial charge on any atom is 0.356 e. The molecule has 0 aliphatic rings. The lowest BCUT2D eigenvalue weighted by atomic mass is 10.2. The zero-order valence-electron chi connectivity index (χ0n) is 18.9. The highest BCUT2D eigenvalue weighted by molar-refractivity contribution is 6.37. The van der Waals surface area contributed by atoms with Gasteiger partial charge < -0.3 is 30.5 Å². The molecule has 2 aromatic rings. The number of hydrogen-bond acceptors (Lipinski definition) is 8. The third-order valence-corrected chi connectivity index (χ3v) is 4.51. The summed E-state index contributed by atoms with van der Waals surface area (Å²) in [6.07, 6.45) is 3.75. The Morgan fingerprint density at radius 1 is 1.19 bits per heavy atom. The first-order valence-electron chi connectivity index (χ1n) is 10.3. The van der Waals surface area contributed by atoms with Crippen molar-refractivity contribution in [1.29, 1.82) is 0 Å². The summed E-state index contributed by atoms with van der Waals surface area (Å²) in [5, 5.41) is 30.5. The topological polar surface area (TPSA) is 114 Å². The number of ether oxygens (including phenoxy) is 1. The quantitative estimate of drug-likeness (QED) is 0.238. The van der Waals surface area contributed by atoms with Crippen molar-refractivity contribution < 1.29 is 25.1 Å². The van der Waals surface area contributed by atoms with Crippen LogP contribution in [0.2, 0.25) is 0 Å². The van der Waals surface area contributed by atoms with Gasteiger partial charge in [-0.3, -0.25) is 5.01 Å². The van der Waals surface area contributed by atoms with Crippen LogP contribution in [0.1, 0.15) is 12.5 Å². The molecule has 32 heavy (non-hydrogen) atoms. The lowest BCUT2D eigenvalue weighted by molar-refractivity contribution is -0.557. The standard InChI is InChI=1S/C23H31N5O4/c1-5-32-23(31)21(16-27(3)13-12-24-2)26-28(4)19-9-7-18(8-10-19)25-15-17-6-11-20(29)14-22(17)30/h6-14,24-25,29-30H,5,15-16H2,1-4H3/p+1/b13-12-,26-21-. The van der Waals surface area contributed by atoms with Crippen molar-refractivity contribution in [1.82, 2.24) is 4.90 Å². The summed E-state index contributed by atoms with van der Waals surface area (Å²) in [7, 11) is 5.55. The molecule has 9 nitrogen and oxygen atoms in total. The van der Waals surface area contributed by atoms with Crippen LogP contribution in [0.5, 0.6) is 11.5 Å². The van der Waals surface area contributed by atoms with E-state index in [9.17, 15) is 15.0 Å². The van der Waals surface area contributed by atoms with Gasteiger partial charge in [-0.15, -0.1) is 0 Å². The van der Waals surface area contributed by atoms with Gasteiger partial charge >= 0.3 is 5.97 Å². The highest BCUT2D eigenvalue weighted by atomic mass is 16.5. The van der Waals surface area contributed by atoms with E-state index in [1.165, 1.54) is 12.1 Å². The van der Waals surface area contributed by atoms with Gasteiger partial charge in [0.05, 0.1) is 32.1 Å². The Kier molecular flexibility index (Phi) is 9.37. The molecule has 0 fully saturated rings. The number of nitrogens with one attached hydrogen (secondary N) is 1. The lowest BCUT2D eigenvalue weighted by Crippen LogP contribution is -2.72. The number of aromatic hydroxyl groups is 2. The molecule has 0 atom stereocenters. The van der Waals surface area contributed by atoms with E-state index >= 15 is 0 Å². The molecule has 0 unspecified atom stereocenters. The normalized spacial score (nSPS) is 11.4. The molecule has 0 aromatic heterocycles. The minimum Gasteiger partial charge on any atom is -0.508 e. The molecule has 5 N–H and O–H groups in total. The summed E-state index contributed by atoms with van der Waals surface area (Å²) in [6, 6.07) is 12.0. The van der Waals surface area contributed by atoms with Crippen LogP contribution in [0.4, 0.5) is 11.4 Å². The largest absolute Gasteiger partial charge is 0.508 e. The van der Waals surface area contributed by atoms with Crippen molar-refractivity contribution in [3.63, 3.8) is 0 Å². The van der Waals surface area contributed by atoms with Crippen molar-refractivity contribution in [3.8, 4) is 11.5 Å². The number of anilines is 2. The molecule has 0 spiro atoms. The van der Waals surface area contributed by atoms with E-state index in [2.05, 4.69) is 10.4 Å². The smallest absolute Gasteiger partial charge is 0.356 e. The van der Waals surface area contributed by atoms with Crippen molar-refractivity contribution in [2.45, 2.75) is 13.5 Å². The molecular formula is C23H32N5O4+. The fourth-order valence-corrected chi connectivity index (χ4v) is 2.81. The van der Waals surface area contributed by atoms with Crippen molar-refractivity contribution in [3.05, 3.63) is 60.4 Å². The minimum absolute atomic E-state index is 0.0206. The van der Waals surface area contributed by atoms with Crippen LogP contribution < -0.4 is 15.6 Å². The Labute approximate surface area is 188 Å². The van der Waals surface area contributed by atoms with Gasteiger partial charge in [0, 0.05) is 38.0 Å². The third kappa shape index (κ3) is 7.51. The second-order valence-corrected chi connectivity index (χ2v) is 7.09. The molecule has 2 rings (SSSR count). The number of benzene rings is 2. The van der Waals surface area contributed by atoms with Crippen molar-refractivity contribution in [2.24, 2.45) is 5.10 Å². The van der Waals surface area contributed by atoms with Gasteiger partial charge in [-0.1, -0.05) is 0 Å². The lowest BCUT2D eigenvalue weighted by Gasteiger charge is -2.19. The summed E-state index contributed by atoms with van der Waals surface area (Å²) in [5.74, 6) is -0.398. The maximum atomic E-state index is 12.4. The Morgan fingerprint density at radius 3 is 2.53 bits per heavy atom. The van der Waals surface area contributed by atoms with E-state index in [1.807, 2.05) is 61.0 Å². The van der Waals surface area contributed by atoms with E-state index in [0.29, 0.717) is 24.4 Å². The summed E-state index contributed by atoms with van der Waals surface area (Å²) in [5.41, 5.74) is 2.61. The number of nitrogens with two attached hydrogens (primary N) is 1. The molecule has 0 aliphatic heterocycles. The highest BCUT2D eigenvalue weighted by Crippen LogP contribution is 2.24. The van der Waals surface area contributed by atoms with E-state index < -0.39 is 5.97 Å². The molecule has 0 heterocycles. The van der Waals surface area contributed by atoms with E-state index in [-0.39, 0.29) is 18.1 Å². The number of carbonyl (C=O) groups is 1. The first-order chi connectivity index (χ1) is 15.3. The second kappa shape index (κ2) is 12.2. The van der Waals surface area contributed by atoms with Gasteiger partial charge in [-0.05, 0) is 43.3 Å². The predicted octanol–water partition coefficient (Wildman–Crippen LogP) is 1.66. The average Bonchev–Trinajstić information content (AvgIpc) is 2.77. The van der Waals surface area contributed by atoms with Crippen LogP contribution in [0.15, 0.2) is 60.0 Å². The van der Waals surface area contributed by atoms with Crippen molar-refractivity contribution in [2.75, 3.05) is 44.6 Å². The van der Waals surface area contributed by atoms with E-state index in [4.69, 9.17) is 4.74 Å². The molecule has 2 aromatic carbocycles. The summed E-state index contributed by atoms with van der Waals surface area (Å²) in [6.45, 7) is 2.75. The predicted molar refractivity (Wildman–Crippen MR) is 126 cm³/mol. The fourth-order valence-electron chi connectivity index (χ4n) is 2.81. The van der Waals surface area contributed by atoms with Crippen LogP contribution in [-0.2, 0) is 16.1 Å². The van der Waals surface area contributed by atoms with E-state index in [0.717, 1.165) is 11.4 Å². The van der Waals surface area contributed by atoms with Gasteiger partial charge in [0.15, 0.2) is 5.71 Å². The molecule has 172 valence electrons. The number of carbonyl (C=O) groups excluding carboxylic acids is 1. The highest BCUT2D eigenvalue weighted by Gasteiger charge is 2.16. The van der Waals surface area contributed by atoms with Crippen LogP contribution in [0.3, 0.4) is 0 Å². The van der Waals surface area contributed by atoms with Gasteiger partial charge in [-0.2, -0.15) is 5.10 Å². The van der Waals surface area contributed by atoms with E-state index in [1.54, 1.807) is 25.0 Å². The Hall–Kier alpha value is -3.72. The zero-order valence-corrected chi connectivity index (χ0v) is 18.9. The van der Waals surface area contributed by atoms with Gasteiger partial charge in [0.2, 0.25) is 0 Å². The van der Waals surface area contributed by atoms with Crippen LogP contribution >= 0.6 is 0 Å². The Bertz CT molecular complexity index is 944. The maximum absolute atomic E-state index is 12.4. The number of hydrogen-bond donors (Lipinski definition) is 4. The Morgan fingerprint density at radius 2 is 1.91 bits per heavy atom. The SMILES string of the molecule is CCOC(=O)/C(CN(C)/C=C\[NH2+]C)=N\N(C)c1ccc(NCc2ccc(O)cc2O)cc1. The number of esters is 1. The number of rotatable bonds is 11.